The molecule has 1 rings (SSSR count). The first-order valence-corrected chi connectivity index (χ1v) is 4.84. The van der Waals surface area contributed by atoms with E-state index in [1.165, 1.54) is 0 Å². The van der Waals surface area contributed by atoms with Crippen LogP contribution in [-0.2, 0) is 6.54 Å². The number of primary amides is 1. The molecule has 0 spiro atoms. The predicted octanol–water partition coefficient (Wildman–Crippen LogP) is 1.45. The average molecular weight is 204 g/mol. The third-order valence-corrected chi connectivity index (χ3v) is 2.03. The summed E-state index contributed by atoms with van der Waals surface area (Å²) in [6.07, 6.45) is 0. The number of hydrogen-bond acceptors (Lipinski definition) is 2. The van der Waals surface area contributed by atoms with E-state index in [0.717, 1.165) is 17.7 Å². The van der Waals surface area contributed by atoms with Crippen LogP contribution >= 0.6 is 0 Å². The summed E-state index contributed by atoms with van der Waals surface area (Å²) in [4.78, 5) is 11.1. The molecule has 0 aliphatic rings. The highest BCUT2D eigenvalue weighted by atomic mass is 16.1. The van der Waals surface area contributed by atoms with E-state index in [4.69, 9.17) is 5.73 Å². The molecule has 3 heteroatoms. The number of nitrogens with one attached hydrogen (secondary N) is 1. The van der Waals surface area contributed by atoms with Crippen molar-refractivity contribution in [2.24, 2.45) is 5.73 Å². The van der Waals surface area contributed by atoms with Crippen LogP contribution in [-0.4, -0.2) is 12.5 Å². The van der Waals surface area contributed by atoms with Gasteiger partial charge in [-0.1, -0.05) is 30.4 Å². The maximum atomic E-state index is 11.1. The summed E-state index contributed by atoms with van der Waals surface area (Å²) < 4.78 is 0. The van der Waals surface area contributed by atoms with Gasteiger partial charge in [-0.05, 0) is 18.6 Å². The molecule has 0 fully saturated rings. The summed E-state index contributed by atoms with van der Waals surface area (Å²) in [6, 6.07) is 7.33. The summed E-state index contributed by atoms with van der Waals surface area (Å²) in [5, 5.41) is 3.19. The second-order valence-electron chi connectivity index (χ2n) is 3.58. The molecule has 0 heterocycles. The summed E-state index contributed by atoms with van der Waals surface area (Å²) in [5.41, 5.74) is 7.82. The number of amides is 1. The van der Waals surface area contributed by atoms with Crippen LogP contribution < -0.4 is 11.1 Å². The van der Waals surface area contributed by atoms with E-state index in [2.05, 4.69) is 11.9 Å². The minimum atomic E-state index is -0.386. The van der Waals surface area contributed by atoms with Crippen molar-refractivity contribution >= 4 is 5.91 Å². The summed E-state index contributed by atoms with van der Waals surface area (Å²) in [7, 11) is 0. The van der Waals surface area contributed by atoms with Crippen molar-refractivity contribution in [3.63, 3.8) is 0 Å². The summed E-state index contributed by atoms with van der Waals surface area (Å²) in [5.74, 6) is -0.386. The molecule has 0 aliphatic carbocycles. The van der Waals surface area contributed by atoms with E-state index in [-0.39, 0.29) is 5.91 Å². The molecule has 3 nitrogen and oxygen atoms in total. The second kappa shape index (κ2) is 5.32. The molecule has 1 aromatic rings. The Labute approximate surface area is 90.0 Å². The monoisotopic (exact) mass is 204 g/mol. The fraction of sp³-hybridized carbons (Fsp3) is 0.250. The molecule has 0 saturated carbocycles. The fourth-order valence-corrected chi connectivity index (χ4v) is 1.33. The molecule has 0 bridgehead atoms. The standard InChI is InChI=1S/C12H16N2O/c1-9(2)7-14-8-10-5-3-4-6-11(10)12(13)15/h3-6,14H,1,7-8H2,2H3,(H2,13,15). The number of carbonyl (C=O) groups excluding carboxylic acids is 1. The van der Waals surface area contributed by atoms with Gasteiger partial charge < -0.3 is 11.1 Å². The lowest BCUT2D eigenvalue weighted by Crippen LogP contribution is -2.20. The Morgan fingerprint density at radius 2 is 2.13 bits per heavy atom. The van der Waals surface area contributed by atoms with E-state index in [9.17, 15) is 4.79 Å². The van der Waals surface area contributed by atoms with Gasteiger partial charge in [0.25, 0.3) is 0 Å². The van der Waals surface area contributed by atoms with E-state index >= 15 is 0 Å². The van der Waals surface area contributed by atoms with Crippen molar-refractivity contribution in [1.82, 2.24) is 5.32 Å². The second-order valence-corrected chi connectivity index (χ2v) is 3.58. The van der Waals surface area contributed by atoms with Crippen LogP contribution in [0.3, 0.4) is 0 Å². The quantitative estimate of drug-likeness (QED) is 0.713. The normalized spacial score (nSPS) is 9.93. The van der Waals surface area contributed by atoms with Crippen molar-refractivity contribution in [1.29, 1.82) is 0 Å². The first-order chi connectivity index (χ1) is 7.11. The minimum absolute atomic E-state index is 0.386. The Balaban J connectivity index is 2.67. The molecule has 0 unspecified atom stereocenters. The largest absolute Gasteiger partial charge is 0.366 e. The third-order valence-electron chi connectivity index (χ3n) is 2.03. The van der Waals surface area contributed by atoms with Crippen LogP contribution in [0.15, 0.2) is 36.4 Å². The van der Waals surface area contributed by atoms with E-state index in [1.807, 2.05) is 25.1 Å². The first kappa shape index (κ1) is 11.5. The lowest BCUT2D eigenvalue weighted by atomic mass is 10.1. The van der Waals surface area contributed by atoms with Crippen molar-refractivity contribution in [2.75, 3.05) is 6.54 Å². The van der Waals surface area contributed by atoms with Gasteiger partial charge in [-0.25, -0.2) is 0 Å². The zero-order valence-electron chi connectivity index (χ0n) is 8.92. The molecule has 0 aliphatic heterocycles. The molecule has 0 aromatic heterocycles. The maximum Gasteiger partial charge on any atom is 0.249 e. The van der Waals surface area contributed by atoms with Crippen molar-refractivity contribution < 1.29 is 4.79 Å². The predicted molar refractivity (Wildman–Crippen MR) is 61.5 cm³/mol. The van der Waals surface area contributed by atoms with Gasteiger partial charge in [0.1, 0.15) is 0 Å². The van der Waals surface area contributed by atoms with Crippen molar-refractivity contribution in [3.05, 3.63) is 47.5 Å². The van der Waals surface area contributed by atoms with Gasteiger partial charge in [-0.3, -0.25) is 4.79 Å². The lowest BCUT2D eigenvalue weighted by Gasteiger charge is -2.07. The van der Waals surface area contributed by atoms with Gasteiger partial charge >= 0.3 is 0 Å². The number of benzene rings is 1. The smallest absolute Gasteiger partial charge is 0.249 e. The summed E-state index contributed by atoms with van der Waals surface area (Å²) in [6.45, 7) is 7.12. The molecule has 0 saturated heterocycles. The Morgan fingerprint density at radius 1 is 1.47 bits per heavy atom. The van der Waals surface area contributed by atoms with Crippen LogP contribution in [0, 0.1) is 0 Å². The Kier molecular flexibility index (Phi) is 4.06. The zero-order valence-corrected chi connectivity index (χ0v) is 8.92. The van der Waals surface area contributed by atoms with Gasteiger partial charge in [-0.15, -0.1) is 0 Å². The topological polar surface area (TPSA) is 55.1 Å². The Bertz CT molecular complexity index is 372. The maximum absolute atomic E-state index is 11.1. The number of rotatable bonds is 5. The third kappa shape index (κ3) is 3.56. The molecule has 1 aromatic carbocycles. The van der Waals surface area contributed by atoms with Crippen LogP contribution in [0.1, 0.15) is 22.8 Å². The van der Waals surface area contributed by atoms with E-state index in [1.54, 1.807) is 6.07 Å². The molecule has 15 heavy (non-hydrogen) atoms. The highest BCUT2D eigenvalue weighted by Gasteiger charge is 2.05. The molecular weight excluding hydrogens is 188 g/mol. The summed E-state index contributed by atoms with van der Waals surface area (Å²) >= 11 is 0. The Morgan fingerprint density at radius 3 is 2.73 bits per heavy atom. The minimum Gasteiger partial charge on any atom is -0.366 e. The molecule has 0 atom stereocenters. The molecule has 0 radical (unpaired) electrons. The SMILES string of the molecule is C=C(C)CNCc1ccccc1C(N)=O. The van der Waals surface area contributed by atoms with Gasteiger partial charge in [0, 0.05) is 18.7 Å². The van der Waals surface area contributed by atoms with Crippen LogP contribution in [0.25, 0.3) is 0 Å². The van der Waals surface area contributed by atoms with Crippen molar-refractivity contribution in [2.45, 2.75) is 13.5 Å². The van der Waals surface area contributed by atoms with Crippen LogP contribution in [0.4, 0.5) is 0 Å². The van der Waals surface area contributed by atoms with Crippen LogP contribution in [0.5, 0.6) is 0 Å². The van der Waals surface area contributed by atoms with Gasteiger partial charge in [0.15, 0.2) is 0 Å². The highest BCUT2D eigenvalue weighted by Crippen LogP contribution is 2.07. The van der Waals surface area contributed by atoms with Crippen molar-refractivity contribution in [3.8, 4) is 0 Å². The molecule has 3 N–H and O–H groups in total. The first-order valence-electron chi connectivity index (χ1n) is 4.84. The molecule has 1 amide bonds. The average Bonchev–Trinajstić information content (AvgIpc) is 2.17. The number of hydrogen-bond donors (Lipinski definition) is 2. The van der Waals surface area contributed by atoms with E-state index in [0.29, 0.717) is 12.1 Å². The van der Waals surface area contributed by atoms with Gasteiger partial charge in [-0.2, -0.15) is 0 Å². The fourth-order valence-electron chi connectivity index (χ4n) is 1.33. The molecular formula is C12H16N2O. The van der Waals surface area contributed by atoms with Gasteiger partial charge in [0.05, 0.1) is 0 Å². The van der Waals surface area contributed by atoms with E-state index < -0.39 is 0 Å². The highest BCUT2D eigenvalue weighted by molar-refractivity contribution is 5.94. The molecule has 80 valence electrons. The van der Waals surface area contributed by atoms with Gasteiger partial charge in [0.2, 0.25) is 5.91 Å². The number of nitrogens with two attached hydrogens (primary N) is 1. The number of carbonyl (C=O) groups is 1. The van der Waals surface area contributed by atoms with Crippen LogP contribution in [0.2, 0.25) is 0 Å². The zero-order chi connectivity index (χ0) is 11.3. The Hall–Kier alpha value is -1.61. The lowest BCUT2D eigenvalue weighted by molar-refractivity contribution is 0.0999.